The van der Waals surface area contributed by atoms with E-state index in [-0.39, 0.29) is 6.04 Å². The number of hydrogen-bond donors (Lipinski definition) is 1. The molecule has 1 aromatic carbocycles. The summed E-state index contributed by atoms with van der Waals surface area (Å²) in [7, 11) is 2.17. The number of nitrogens with two attached hydrogens (primary N) is 1. The molecule has 1 aliphatic rings. The summed E-state index contributed by atoms with van der Waals surface area (Å²) < 4.78 is 0. The van der Waals surface area contributed by atoms with Crippen molar-refractivity contribution in [2.75, 3.05) is 13.6 Å². The summed E-state index contributed by atoms with van der Waals surface area (Å²) in [5, 5.41) is 0. The molecule has 0 aliphatic carbocycles. The smallest absolute Gasteiger partial charge is 0.0269 e. The number of likely N-dealkylation sites (N-methyl/N-ethyl adjacent to an activating group) is 1. The first kappa shape index (κ1) is 9.69. The minimum Gasteiger partial charge on any atom is -0.324 e. The highest BCUT2D eigenvalue weighted by Crippen LogP contribution is 2.24. The Labute approximate surface area is 85.7 Å². The van der Waals surface area contributed by atoms with E-state index in [2.05, 4.69) is 37.1 Å². The van der Waals surface area contributed by atoms with E-state index < -0.39 is 0 Å². The molecule has 14 heavy (non-hydrogen) atoms. The van der Waals surface area contributed by atoms with Gasteiger partial charge in [0.2, 0.25) is 0 Å². The van der Waals surface area contributed by atoms with E-state index in [0.717, 1.165) is 19.5 Å². The second kappa shape index (κ2) is 3.71. The molecule has 0 radical (unpaired) electrons. The lowest BCUT2D eigenvalue weighted by Gasteiger charge is -2.28. The van der Waals surface area contributed by atoms with Gasteiger partial charge in [-0.1, -0.05) is 18.2 Å². The molecule has 2 nitrogen and oxygen atoms in total. The summed E-state index contributed by atoms with van der Waals surface area (Å²) >= 11 is 0. The van der Waals surface area contributed by atoms with Crippen LogP contribution in [0.5, 0.6) is 0 Å². The van der Waals surface area contributed by atoms with Gasteiger partial charge in [-0.25, -0.2) is 0 Å². The Hall–Kier alpha value is -0.860. The van der Waals surface area contributed by atoms with Crippen molar-refractivity contribution in [1.29, 1.82) is 0 Å². The van der Waals surface area contributed by atoms with Crippen molar-refractivity contribution in [2.45, 2.75) is 25.9 Å². The molecule has 2 N–H and O–H groups in total. The molecule has 0 fully saturated rings. The van der Waals surface area contributed by atoms with Gasteiger partial charge >= 0.3 is 0 Å². The molecule has 1 aromatic rings. The van der Waals surface area contributed by atoms with Crippen LogP contribution in [0, 0.1) is 0 Å². The molecule has 0 spiro atoms. The van der Waals surface area contributed by atoms with Gasteiger partial charge in [0.05, 0.1) is 0 Å². The quantitative estimate of drug-likeness (QED) is 0.730. The molecule has 0 bridgehead atoms. The summed E-state index contributed by atoms with van der Waals surface area (Å²) in [6, 6.07) is 6.66. The molecule has 76 valence electrons. The molecule has 1 heterocycles. The summed E-state index contributed by atoms with van der Waals surface area (Å²) in [6.45, 7) is 4.27. The fourth-order valence-corrected chi connectivity index (χ4v) is 2.17. The molecule has 1 unspecified atom stereocenters. The zero-order valence-corrected chi connectivity index (χ0v) is 8.96. The first-order chi connectivity index (χ1) is 6.68. The average Bonchev–Trinajstić information content (AvgIpc) is 2.16. The fraction of sp³-hybridized carbons (Fsp3) is 0.500. The third-order valence-corrected chi connectivity index (χ3v) is 2.99. The average molecular weight is 190 g/mol. The first-order valence-corrected chi connectivity index (χ1v) is 5.23. The number of fused-ring (bicyclic) bond motifs is 1. The Bertz CT molecular complexity index is 331. The van der Waals surface area contributed by atoms with Crippen LogP contribution < -0.4 is 5.73 Å². The van der Waals surface area contributed by atoms with Crippen LogP contribution in [0.3, 0.4) is 0 Å². The van der Waals surface area contributed by atoms with E-state index in [0.29, 0.717) is 0 Å². The van der Waals surface area contributed by atoms with Crippen LogP contribution in [0.25, 0.3) is 0 Å². The van der Waals surface area contributed by atoms with E-state index in [1.54, 1.807) is 0 Å². The van der Waals surface area contributed by atoms with E-state index in [4.69, 9.17) is 5.73 Å². The van der Waals surface area contributed by atoms with Crippen LogP contribution >= 0.6 is 0 Å². The predicted octanol–water partition coefficient (Wildman–Crippen LogP) is 1.69. The number of hydrogen-bond acceptors (Lipinski definition) is 2. The molecule has 0 saturated heterocycles. The van der Waals surface area contributed by atoms with Crippen LogP contribution in [-0.4, -0.2) is 18.5 Å². The lowest BCUT2D eigenvalue weighted by Crippen LogP contribution is -2.28. The third kappa shape index (κ3) is 1.68. The molecule has 2 heteroatoms. The Morgan fingerprint density at radius 1 is 1.43 bits per heavy atom. The highest BCUT2D eigenvalue weighted by atomic mass is 15.1. The standard InChI is InChI=1S/C12H18N2/c1-9(13)11-5-3-4-10-6-7-14(2)8-12(10)11/h3-5,9H,6-8,13H2,1-2H3. The van der Waals surface area contributed by atoms with E-state index >= 15 is 0 Å². The van der Waals surface area contributed by atoms with E-state index in [1.807, 2.05) is 0 Å². The van der Waals surface area contributed by atoms with E-state index in [1.165, 1.54) is 16.7 Å². The topological polar surface area (TPSA) is 29.3 Å². The molecule has 0 amide bonds. The SMILES string of the molecule is CC(N)c1cccc2c1CN(C)CC2. The van der Waals surface area contributed by atoms with Gasteiger partial charge in [0.25, 0.3) is 0 Å². The van der Waals surface area contributed by atoms with Crippen molar-refractivity contribution in [3.05, 3.63) is 34.9 Å². The first-order valence-electron chi connectivity index (χ1n) is 5.23. The predicted molar refractivity (Wildman–Crippen MR) is 59.1 cm³/mol. The summed E-state index contributed by atoms with van der Waals surface area (Å²) in [5.74, 6) is 0. The van der Waals surface area contributed by atoms with Gasteiger partial charge in [-0.15, -0.1) is 0 Å². The zero-order chi connectivity index (χ0) is 10.1. The summed E-state index contributed by atoms with van der Waals surface area (Å²) in [4.78, 5) is 2.36. The number of rotatable bonds is 1. The van der Waals surface area contributed by atoms with Crippen LogP contribution in [0.15, 0.2) is 18.2 Å². The highest BCUT2D eigenvalue weighted by Gasteiger charge is 2.17. The Balaban J connectivity index is 2.43. The van der Waals surface area contributed by atoms with Crippen molar-refractivity contribution < 1.29 is 0 Å². The summed E-state index contributed by atoms with van der Waals surface area (Å²) in [5.41, 5.74) is 10.2. The number of nitrogens with zero attached hydrogens (tertiary/aromatic N) is 1. The highest BCUT2D eigenvalue weighted by molar-refractivity contribution is 5.38. The van der Waals surface area contributed by atoms with Gasteiger partial charge in [-0.3, -0.25) is 0 Å². The van der Waals surface area contributed by atoms with Crippen molar-refractivity contribution in [2.24, 2.45) is 5.73 Å². The zero-order valence-electron chi connectivity index (χ0n) is 8.96. The lowest BCUT2D eigenvalue weighted by molar-refractivity contribution is 0.311. The molecule has 0 aromatic heterocycles. The molecular formula is C12H18N2. The van der Waals surface area contributed by atoms with Crippen molar-refractivity contribution in [3.8, 4) is 0 Å². The third-order valence-electron chi connectivity index (χ3n) is 2.99. The van der Waals surface area contributed by atoms with Crippen molar-refractivity contribution in [1.82, 2.24) is 4.90 Å². The maximum absolute atomic E-state index is 5.96. The Morgan fingerprint density at radius 3 is 2.93 bits per heavy atom. The molecule has 2 rings (SSSR count). The maximum Gasteiger partial charge on any atom is 0.0269 e. The van der Waals surface area contributed by atoms with Crippen LogP contribution in [0.1, 0.15) is 29.7 Å². The maximum atomic E-state index is 5.96. The van der Waals surface area contributed by atoms with Crippen molar-refractivity contribution >= 4 is 0 Å². The van der Waals surface area contributed by atoms with Gasteiger partial charge in [-0.05, 0) is 37.1 Å². The number of benzene rings is 1. The minimum absolute atomic E-state index is 0.149. The fourth-order valence-electron chi connectivity index (χ4n) is 2.17. The molecule has 0 saturated carbocycles. The van der Waals surface area contributed by atoms with Crippen molar-refractivity contribution in [3.63, 3.8) is 0 Å². The van der Waals surface area contributed by atoms with Gasteiger partial charge in [0, 0.05) is 19.1 Å². The van der Waals surface area contributed by atoms with E-state index in [9.17, 15) is 0 Å². The van der Waals surface area contributed by atoms with Crippen LogP contribution in [-0.2, 0) is 13.0 Å². The second-order valence-electron chi connectivity index (χ2n) is 4.26. The molecular weight excluding hydrogens is 172 g/mol. The minimum atomic E-state index is 0.149. The molecule has 1 atom stereocenters. The van der Waals surface area contributed by atoms with Gasteiger partial charge in [0.15, 0.2) is 0 Å². The normalized spacial score (nSPS) is 19.1. The van der Waals surface area contributed by atoms with Crippen LogP contribution in [0.4, 0.5) is 0 Å². The Kier molecular flexibility index (Phi) is 2.57. The van der Waals surface area contributed by atoms with Gasteiger partial charge < -0.3 is 10.6 Å². The van der Waals surface area contributed by atoms with Gasteiger partial charge in [0.1, 0.15) is 0 Å². The van der Waals surface area contributed by atoms with Gasteiger partial charge in [-0.2, -0.15) is 0 Å². The lowest BCUT2D eigenvalue weighted by atomic mass is 9.92. The second-order valence-corrected chi connectivity index (χ2v) is 4.26. The Morgan fingerprint density at radius 2 is 2.21 bits per heavy atom. The monoisotopic (exact) mass is 190 g/mol. The molecule has 1 aliphatic heterocycles. The largest absolute Gasteiger partial charge is 0.324 e. The van der Waals surface area contributed by atoms with Crippen LogP contribution in [0.2, 0.25) is 0 Å². The summed E-state index contributed by atoms with van der Waals surface area (Å²) in [6.07, 6.45) is 1.16.